The first-order chi connectivity index (χ1) is 5.15. The van der Waals surface area contributed by atoms with Crippen LogP contribution in [0, 0.1) is 5.82 Å². The molecule has 1 nitrogen and oxygen atoms in total. The molecule has 0 amide bonds. The minimum absolute atomic E-state index is 0.253. The van der Waals surface area contributed by atoms with Crippen LogP contribution in [0.1, 0.15) is 5.56 Å². The van der Waals surface area contributed by atoms with Crippen LogP contribution in [-0.4, -0.2) is 0 Å². The maximum absolute atomic E-state index is 12.8. The molecule has 4 heteroatoms. The maximum atomic E-state index is 12.8. The lowest BCUT2D eigenvalue weighted by Gasteiger charge is -2.01. The van der Waals surface area contributed by atoms with Gasteiger partial charge in [0.25, 0.3) is 0 Å². The third-order valence-electron chi connectivity index (χ3n) is 1.31. The lowest BCUT2D eigenvalue weighted by atomic mass is 10.2. The Hall–Kier alpha value is -0.120. The highest BCUT2D eigenvalue weighted by atomic mass is 79.9. The van der Waals surface area contributed by atoms with Crippen molar-refractivity contribution >= 4 is 27.5 Å². The Labute approximate surface area is 77.5 Å². The summed E-state index contributed by atoms with van der Waals surface area (Å²) >= 11 is 8.73. The molecule has 0 radical (unpaired) electrons. The quantitative estimate of drug-likeness (QED) is 0.748. The molecule has 1 rings (SSSR count). The molecule has 60 valence electrons. The van der Waals surface area contributed by atoms with Crippen LogP contribution in [0.5, 0.6) is 0 Å². The second-order valence-electron chi connectivity index (χ2n) is 2.06. The van der Waals surface area contributed by atoms with Gasteiger partial charge < -0.3 is 5.73 Å². The standard InChI is InChI=1S/C7H6BrClFN/c8-5-2-6(9)4(3-11)1-7(5)10/h1-2H,3,11H2. The van der Waals surface area contributed by atoms with Gasteiger partial charge >= 0.3 is 0 Å². The van der Waals surface area contributed by atoms with Gasteiger partial charge in [-0.15, -0.1) is 0 Å². The SMILES string of the molecule is NCc1cc(F)c(Br)cc1Cl. The summed E-state index contributed by atoms with van der Waals surface area (Å²) in [6.07, 6.45) is 0. The van der Waals surface area contributed by atoms with Crippen LogP contribution in [0.25, 0.3) is 0 Å². The van der Waals surface area contributed by atoms with Gasteiger partial charge in [0, 0.05) is 11.6 Å². The Kier molecular flexibility index (Phi) is 2.87. The normalized spacial score (nSPS) is 10.2. The summed E-state index contributed by atoms with van der Waals surface area (Å²) in [6.45, 7) is 0.253. The zero-order chi connectivity index (χ0) is 8.43. The van der Waals surface area contributed by atoms with E-state index in [0.29, 0.717) is 15.1 Å². The van der Waals surface area contributed by atoms with E-state index in [9.17, 15) is 4.39 Å². The molecule has 0 atom stereocenters. The van der Waals surface area contributed by atoms with Gasteiger partial charge in [-0.05, 0) is 33.6 Å². The maximum Gasteiger partial charge on any atom is 0.137 e. The monoisotopic (exact) mass is 237 g/mol. The van der Waals surface area contributed by atoms with E-state index in [1.807, 2.05) is 0 Å². The van der Waals surface area contributed by atoms with E-state index in [4.69, 9.17) is 17.3 Å². The van der Waals surface area contributed by atoms with Crippen molar-refractivity contribution in [2.75, 3.05) is 0 Å². The van der Waals surface area contributed by atoms with Gasteiger partial charge in [0.2, 0.25) is 0 Å². The van der Waals surface area contributed by atoms with E-state index in [-0.39, 0.29) is 12.4 Å². The molecular formula is C7H6BrClFN. The average molecular weight is 238 g/mol. The lowest BCUT2D eigenvalue weighted by Crippen LogP contribution is -1.98. The molecule has 2 N–H and O–H groups in total. The highest BCUT2D eigenvalue weighted by Crippen LogP contribution is 2.24. The Morgan fingerprint density at radius 2 is 2.18 bits per heavy atom. The van der Waals surface area contributed by atoms with Crippen molar-refractivity contribution in [2.45, 2.75) is 6.54 Å². The van der Waals surface area contributed by atoms with Crippen molar-refractivity contribution in [1.82, 2.24) is 0 Å². The first-order valence-corrected chi connectivity index (χ1v) is 4.15. The molecule has 0 spiro atoms. The minimum atomic E-state index is -0.338. The van der Waals surface area contributed by atoms with Crippen LogP contribution in [0.2, 0.25) is 5.02 Å². The third-order valence-corrected chi connectivity index (χ3v) is 2.27. The molecule has 0 heterocycles. The van der Waals surface area contributed by atoms with Crippen LogP contribution in [0.3, 0.4) is 0 Å². The van der Waals surface area contributed by atoms with Crippen molar-refractivity contribution in [3.8, 4) is 0 Å². The van der Waals surface area contributed by atoms with Gasteiger partial charge in [0.05, 0.1) is 4.47 Å². The summed E-state index contributed by atoms with van der Waals surface area (Å²) in [5.74, 6) is -0.338. The zero-order valence-corrected chi connectivity index (χ0v) is 7.91. The largest absolute Gasteiger partial charge is 0.326 e. The molecule has 11 heavy (non-hydrogen) atoms. The smallest absolute Gasteiger partial charge is 0.137 e. The van der Waals surface area contributed by atoms with Crippen LogP contribution >= 0.6 is 27.5 Å². The number of hydrogen-bond donors (Lipinski definition) is 1. The van der Waals surface area contributed by atoms with Gasteiger partial charge in [-0.25, -0.2) is 4.39 Å². The van der Waals surface area contributed by atoms with Gasteiger partial charge in [0.15, 0.2) is 0 Å². The summed E-state index contributed by atoms with van der Waals surface area (Å²) in [5, 5.41) is 0.487. The third kappa shape index (κ3) is 1.92. The molecule has 0 saturated heterocycles. The van der Waals surface area contributed by atoms with E-state index in [0.717, 1.165) is 0 Å². The van der Waals surface area contributed by atoms with E-state index in [2.05, 4.69) is 15.9 Å². The molecule has 0 aliphatic heterocycles. The van der Waals surface area contributed by atoms with Gasteiger partial charge in [-0.3, -0.25) is 0 Å². The lowest BCUT2D eigenvalue weighted by molar-refractivity contribution is 0.619. The number of benzene rings is 1. The number of nitrogens with two attached hydrogens (primary N) is 1. The fourth-order valence-corrected chi connectivity index (χ4v) is 1.44. The van der Waals surface area contributed by atoms with Crippen LogP contribution in [0.4, 0.5) is 4.39 Å². The van der Waals surface area contributed by atoms with Crippen molar-refractivity contribution in [1.29, 1.82) is 0 Å². The number of rotatable bonds is 1. The summed E-state index contributed by atoms with van der Waals surface area (Å²) in [7, 11) is 0. The first kappa shape index (κ1) is 8.97. The van der Waals surface area contributed by atoms with Crippen LogP contribution in [0.15, 0.2) is 16.6 Å². The molecule has 0 unspecified atom stereocenters. The van der Waals surface area contributed by atoms with E-state index in [1.165, 1.54) is 12.1 Å². The molecule has 0 bridgehead atoms. The summed E-state index contributed by atoms with van der Waals surface area (Å²) < 4.78 is 13.1. The fourth-order valence-electron chi connectivity index (χ4n) is 0.720. The molecular weight excluding hydrogens is 232 g/mol. The van der Waals surface area contributed by atoms with E-state index in [1.54, 1.807) is 0 Å². The molecule has 0 aliphatic carbocycles. The Morgan fingerprint density at radius 1 is 1.55 bits per heavy atom. The number of halogens is 3. The number of hydrogen-bond acceptors (Lipinski definition) is 1. The topological polar surface area (TPSA) is 26.0 Å². The summed E-state index contributed by atoms with van der Waals surface area (Å²) in [4.78, 5) is 0. The van der Waals surface area contributed by atoms with Gasteiger partial charge in [0.1, 0.15) is 5.82 Å². The van der Waals surface area contributed by atoms with E-state index < -0.39 is 0 Å². The van der Waals surface area contributed by atoms with Crippen LogP contribution in [-0.2, 0) is 6.54 Å². The fraction of sp³-hybridized carbons (Fsp3) is 0.143. The Balaban J connectivity index is 3.21. The van der Waals surface area contributed by atoms with Crippen molar-refractivity contribution in [3.63, 3.8) is 0 Å². The summed E-state index contributed by atoms with van der Waals surface area (Å²) in [6, 6.07) is 2.82. The molecule has 0 aliphatic rings. The molecule has 1 aromatic carbocycles. The van der Waals surface area contributed by atoms with Crippen molar-refractivity contribution < 1.29 is 4.39 Å². The zero-order valence-electron chi connectivity index (χ0n) is 5.57. The van der Waals surface area contributed by atoms with E-state index >= 15 is 0 Å². The Bertz CT molecular complexity index is 277. The molecule has 1 aromatic rings. The van der Waals surface area contributed by atoms with Crippen molar-refractivity contribution in [3.05, 3.63) is 33.0 Å². The molecule has 0 aromatic heterocycles. The molecule has 0 fully saturated rings. The second-order valence-corrected chi connectivity index (χ2v) is 3.32. The van der Waals surface area contributed by atoms with Gasteiger partial charge in [-0.1, -0.05) is 11.6 Å². The highest BCUT2D eigenvalue weighted by Gasteiger charge is 2.04. The second kappa shape index (κ2) is 3.52. The molecule has 0 saturated carbocycles. The van der Waals surface area contributed by atoms with Gasteiger partial charge in [-0.2, -0.15) is 0 Å². The van der Waals surface area contributed by atoms with Crippen LogP contribution < -0.4 is 5.73 Å². The highest BCUT2D eigenvalue weighted by molar-refractivity contribution is 9.10. The average Bonchev–Trinajstić information content (AvgIpc) is 1.97. The van der Waals surface area contributed by atoms with Crippen molar-refractivity contribution in [2.24, 2.45) is 5.73 Å². The first-order valence-electron chi connectivity index (χ1n) is 2.98. The predicted molar refractivity (Wildman–Crippen MR) is 47.0 cm³/mol. The summed E-state index contributed by atoms with van der Waals surface area (Å²) in [5.41, 5.74) is 5.92. The Morgan fingerprint density at radius 3 is 2.73 bits per heavy atom. The predicted octanol–water partition coefficient (Wildman–Crippen LogP) is 2.70. The minimum Gasteiger partial charge on any atom is -0.326 e.